The number of aromatic hydroxyl groups is 1. The summed E-state index contributed by atoms with van der Waals surface area (Å²) in [4.78, 5) is 31.7. The van der Waals surface area contributed by atoms with E-state index in [0.717, 1.165) is 28.0 Å². The molecule has 34 heavy (non-hydrogen) atoms. The van der Waals surface area contributed by atoms with Gasteiger partial charge in [0.05, 0.1) is 17.1 Å². The van der Waals surface area contributed by atoms with E-state index in [-0.39, 0.29) is 11.0 Å². The second-order valence-corrected chi connectivity index (χ2v) is 10.6. The third-order valence-electron chi connectivity index (χ3n) is 8.31. The van der Waals surface area contributed by atoms with Gasteiger partial charge in [-0.3, -0.25) is 19.9 Å². The van der Waals surface area contributed by atoms with Crippen molar-refractivity contribution in [3.05, 3.63) is 67.6 Å². The molecule has 8 heteroatoms. The summed E-state index contributed by atoms with van der Waals surface area (Å²) in [5, 5.41) is 17.8. The van der Waals surface area contributed by atoms with Crippen LogP contribution in [0.15, 0.2) is 38.8 Å². The van der Waals surface area contributed by atoms with E-state index in [1.54, 1.807) is 6.92 Å². The van der Waals surface area contributed by atoms with E-state index in [9.17, 15) is 14.7 Å². The lowest BCUT2D eigenvalue weighted by Crippen LogP contribution is -2.48. The molecule has 0 atom stereocenters. The first kappa shape index (κ1) is 21.1. The zero-order valence-electron chi connectivity index (χ0n) is 19.5. The van der Waals surface area contributed by atoms with E-state index >= 15 is 0 Å². The maximum Gasteiger partial charge on any atom is 0.335 e. The predicted octanol–water partition coefficient (Wildman–Crippen LogP) is 3.79. The minimum absolute atomic E-state index is 0.0789. The maximum atomic E-state index is 12.6. The largest absolute Gasteiger partial charge is 0.493 e. The Morgan fingerprint density at radius 2 is 1.68 bits per heavy atom. The van der Waals surface area contributed by atoms with Crippen molar-refractivity contribution in [1.82, 2.24) is 19.7 Å². The molecule has 0 spiro atoms. The number of rotatable bonds is 4. The minimum Gasteiger partial charge on any atom is -0.493 e. The summed E-state index contributed by atoms with van der Waals surface area (Å²) in [5.41, 5.74) is 2.67. The lowest BCUT2D eigenvalue weighted by atomic mass is 9.48. The summed E-state index contributed by atoms with van der Waals surface area (Å²) in [6, 6.07) is 7.95. The number of aromatic amines is 2. The van der Waals surface area contributed by atoms with Crippen molar-refractivity contribution >= 4 is 11.9 Å². The fourth-order valence-corrected chi connectivity index (χ4v) is 7.19. The number of aliphatic imine (C=N–C) groups is 1. The Morgan fingerprint density at radius 3 is 2.24 bits per heavy atom. The average molecular weight is 460 g/mol. The number of benzene rings is 1. The molecule has 0 unspecified atom stereocenters. The Bertz CT molecular complexity index is 1350. The van der Waals surface area contributed by atoms with Crippen molar-refractivity contribution in [3.63, 3.8) is 0 Å². The molecule has 4 bridgehead atoms. The first-order chi connectivity index (χ1) is 16.3. The molecule has 2 aromatic heterocycles. The molecule has 0 radical (unpaired) electrons. The van der Waals surface area contributed by atoms with Crippen molar-refractivity contribution < 1.29 is 5.11 Å². The molecule has 4 fully saturated rings. The molecular formula is C26H29N5O3. The van der Waals surface area contributed by atoms with E-state index in [1.807, 2.05) is 19.1 Å². The van der Waals surface area contributed by atoms with Gasteiger partial charge in [-0.25, -0.2) is 9.36 Å². The first-order valence-corrected chi connectivity index (χ1v) is 12.1. The molecule has 0 aliphatic heterocycles. The van der Waals surface area contributed by atoms with Crippen LogP contribution in [0.25, 0.3) is 5.69 Å². The van der Waals surface area contributed by atoms with Gasteiger partial charge in [-0.05, 0) is 93.2 Å². The average Bonchev–Trinajstić information content (AvgIpc) is 3.10. The lowest BCUT2D eigenvalue weighted by Gasteiger charge is -2.57. The highest BCUT2D eigenvalue weighted by atomic mass is 16.3. The van der Waals surface area contributed by atoms with Gasteiger partial charge in [-0.1, -0.05) is 12.1 Å². The summed E-state index contributed by atoms with van der Waals surface area (Å²) in [7, 11) is 0. The number of hydrogen-bond acceptors (Lipinski definition) is 5. The van der Waals surface area contributed by atoms with Crippen molar-refractivity contribution in [3.8, 4) is 11.6 Å². The van der Waals surface area contributed by atoms with E-state index < -0.39 is 17.1 Å². The number of H-pyrrole nitrogens is 2. The number of nitrogens with one attached hydrogen (secondary N) is 2. The highest BCUT2D eigenvalue weighted by Gasteiger charge is 2.51. The highest BCUT2D eigenvalue weighted by molar-refractivity contribution is 5.84. The minimum atomic E-state index is -0.688. The molecule has 8 nitrogen and oxygen atoms in total. The summed E-state index contributed by atoms with van der Waals surface area (Å²) in [6.45, 7) is 3.62. The van der Waals surface area contributed by atoms with Gasteiger partial charge in [-0.15, -0.1) is 0 Å². The van der Waals surface area contributed by atoms with Crippen LogP contribution < -0.4 is 11.2 Å². The second-order valence-electron chi connectivity index (χ2n) is 10.6. The van der Waals surface area contributed by atoms with Crippen LogP contribution in [0, 0.1) is 31.6 Å². The molecule has 176 valence electrons. The van der Waals surface area contributed by atoms with E-state index in [1.165, 1.54) is 50.3 Å². The van der Waals surface area contributed by atoms with Crippen molar-refractivity contribution in [2.45, 2.75) is 57.8 Å². The van der Waals surface area contributed by atoms with Gasteiger partial charge >= 0.3 is 5.69 Å². The Kier molecular flexibility index (Phi) is 4.69. The molecule has 7 rings (SSSR count). The topological polar surface area (TPSA) is 116 Å². The van der Waals surface area contributed by atoms with E-state index in [2.05, 4.69) is 32.3 Å². The fourth-order valence-electron chi connectivity index (χ4n) is 7.19. The van der Waals surface area contributed by atoms with Crippen LogP contribution in [0.2, 0.25) is 0 Å². The predicted molar refractivity (Wildman–Crippen MR) is 129 cm³/mol. The van der Waals surface area contributed by atoms with E-state index in [0.29, 0.717) is 17.1 Å². The second kappa shape index (κ2) is 7.55. The molecule has 4 aliphatic rings. The zero-order chi connectivity index (χ0) is 23.6. The van der Waals surface area contributed by atoms with Crippen LogP contribution in [-0.4, -0.2) is 31.1 Å². The first-order valence-electron chi connectivity index (χ1n) is 12.1. The van der Waals surface area contributed by atoms with Crippen LogP contribution in [0.4, 0.5) is 5.69 Å². The van der Waals surface area contributed by atoms with Gasteiger partial charge in [0, 0.05) is 6.21 Å². The van der Waals surface area contributed by atoms with Crippen LogP contribution in [0.1, 0.15) is 61.0 Å². The monoisotopic (exact) mass is 459 g/mol. The Morgan fingerprint density at radius 1 is 1.06 bits per heavy atom. The summed E-state index contributed by atoms with van der Waals surface area (Å²) in [5.74, 6) is 2.11. The third kappa shape index (κ3) is 3.27. The highest BCUT2D eigenvalue weighted by Crippen LogP contribution is 2.60. The smallest absolute Gasteiger partial charge is 0.335 e. The number of aromatic nitrogens is 4. The summed E-state index contributed by atoms with van der Waals surface area (Å²) >= 11 is 0. The lowest BCUT2D eigenvalue weighted by molar-refractivity contribution is -0.00518. The van der Waals surface area contributed by atoms with Crippen molar-refractivity contribution in [1.29, 1.82) is 0 Å². The molecule has 0 saturated heterocycles. The van der Waals surface area contributed by atoms with Gasteiger partial charge in [0.2, 0.25) is 5.88 Å². The molecule has 3 N–H and O–H groups in total. The molecule has 1 aromatic carbocycles. The van der Waals surface area contributed by atoms with Crippen LogP contribution in [0.3, 0.4) is 0 Å². The molecule has 2 heterocycles. The van der Waals surface area contributed by atoms with Gasteiger partial charge in [0.1, 0.15) is 11.3 Å². The van der Waals surface area contributed by atoms with Crippen LogP contribution >= 0.6 is 0 Å². The standard InChI is InChI=1S/C26H29N5O3/c1-14-22(15(2)30-29-14)27-13-21-23(32)28-25(34)31(24(21)33)20-5-3-19(4-6-20)26-10-16-7-17(11-26)9-18(8-16)12-26/h3-6,13,16-18,33H,7-12H2,1-2H3,(H,29,30)(H,28,32,34). The Labute approximate surface area is 196 Å². The van der Waals surface area contributed by atoms with Gasteiger partial charge in [0.15, 0.2) is 0 Å². The SMILES string of the molecule is Cc1n[nH]c(C)c1N=Cc1c(O)n(-c2ccc(C34CC5CC(CC(C5)C3)C4)cc2)c(=O)[nH]c1=O. The molecule has 4 aliphatic carbocycles. The van der Waals surface area contributed by atoms with Gasteiger partial charge < -0.3 is 5.11 Å². The molecular weight excluding hydrogens is 430 g/mol. The van der Waals surface area contributed by atoms with Crippen molar-refractivity contribution in [2.24, 2.45) is 22.7 Å². The van der Waals surface area contributed by atoms with Gasteiger partial charge in [0.25, 0.3) is 5.56 Å². The Balaban J connectivity index is 1.36. The quantitative estimate of drug-likeness (QED) is 0.515. The molecule has 3 aromatic rings. The number of hydrogen-bond donors (Lipinski definition) is 3. The van der Waals surface area contributed by atoms with Crippen LogP contribution in [-0.2, 0) is 5.41 Å². The molecule has 0 amide bonds. The summed E-state index contributed by atoms with van der Waals surface area (Å²) in [6.07, 6.45) is 9.22. The third-order valence-corrected chi connectivity index (χ3v) is 8.31. The zero-order valence-corrected chi connectivity index (χ0v) is 19.5. The van der Waals surface area contributed by atoms with E-state index in [4.69, 9.17) is 0 Å². The van der Waals surface area contributed by atoms with Crippen LogP contribution in [0.5, 0.6) is 5.88 Å². The fraction of sp³-hybridized carbons (Fsp3) is 0.462. The Hall–Kier alpha value is -3.42. The summed E-state index contributed by atoms with van der Waals surface area (Å²) < 4.78 is 1.13. The number of nitrogens with zero attached hydrogens (tertiary/aromatic N) is 3. The molecule has 4 saturated carbocycles. The normalized spacial score (nSPS) is 27.6. The number of aryl methyl sites for hydroxylation is 2. The maximum absolute atomic E-state index is 12.6. The van der Waals surface area contributed by atoms with Crippen molar-refractivity contribution in [2.75, 3.05) is 0 Å². The van der Waals surface area contributed by atoms with Gasteiger partial charge in [-0.2, -0.15) is 5.10 Å².